The van der Waals surface area contributed by atoms with Crippen LogP contribution in [-0.2, 0) is 14.3 Å². The molecule has 0 aromatic heterocycles. The standard InChI is InChI=1S/C10H18O3/c1-3-9(13-4-2)10(11)8-5-6-12-7-8/h8-9H,3-7H2,1-2H3. The van der Waals surface area contributed by atoms with Crippen LogP contribution in [0.25, 0.3) is 0 Å². The van der Waals surface area contributed by atoms with E-state index in [1.54, 1.807) is 0 Å². The second-order valence-electron chi connectivity index (χ2n) is 3.32. The molecule has 2 unspecified atom stereocenters. The van der Waals surface area contributed by atoms with Crippen molar-refractivity contribution in [1.29, 1.82) is 0 Å². The van der Waals surface area contributed by atoms with Gasteiger partial charge in [-0.2, -0.15) is 0 Å². The first-order valence-corrected chi connectivity index (χ1v) is 5.02. The quantitative estimate of drug-likeness (QED) is 0.651. The van der Waals surface area contributed by atoms with E-state index in [1.165, 1.54) is 0 Å². The molecule has 1 rings (SSSR count). The van der Waals surface area contributed by atoms with Crippen molar-refractivity contribution >= 4 is 5.78 Å². The van der Waals surface area contributed by atoms with E-state index in [2.05, 4.69) is 0 Å². The summed E-state index contributed by atoms with van der Waals surface area (Å²) < 4.78 is 10.5. The summed E-state index contributed by atoms with van der Waals surface area (Å²) in [6.07, 6.45) is 1.42. The Kier molecular flexibility index (Phi) is 4.39. The second-order valence-corrected chi connectivity index (χ2v) is 3.32. The monoisotopic (exact) mass is 186 g/mol. The summed E-state index contributed by atoms with van der Waals surface area (Å²) in [7, 11) is 0. The zero-order valence-corrected chi connectivity index (χ0v) is 8.41. The summed E-state index contributed by atoms with van der Waals surface area (Å²) in [6.45, 7) is 5.81. The highest BCUT2D eigenvalue weighted by Crippen LogP contribution is 2.17. The Morgan fingerprint density at radius 3 is 2.85 bits per heavy atom. The Labute approximate surface area is 79.4 Å². The largest absolute Gasteiger partial charge is 0.381 e. The summed E-state index contributed by atoms with van der Waals surface area (Å²) in [4.78, 5) is 11.8. The lowest BCUT2D eigenvalue weighted by atomic mass is 9.98. The van der Waals surface area contributed by atoms with Gasteiger partial charge in [-0.3, -0.25) is 4.79 Å². The van der Waals surface area contributed by atoms with Gasteiger partial charge in [-0.15, -0.1) is 0 Å². The Morgan fingerprint density at radius 1 is 1.62 bits per heavy atom. The highest BCUT2D eigenvalue weighted by Gasteiger charge is 2.29. The lowest BCUT2D eigenvalue weighted by Crippen LogP contribution is -2.30. The Balaban J connectivity index is 2.42. The maximum absolute atomic E-state index is 11.8. The molecule has 0 spiro atoms. The summed E-state index contributed by atoms with van der Waals surface area (Å²) in [5.41, 5.74) is 0. The average Bonchev–Trinajstić information content (AvgIpc) is 2.65. The molecule has 0 bridgehead atoms. The molecule has 0 aromatic carbocycles. The smallest absolute Gasteiger partial charge is 0.166 e. The molecule has 13 heavy (non-hydrogen) atoms. The molecule has 0 aromatic rings. The van der Waals surface area contributed by atoms with Crippen LogP contribution in [0.3, 0.4) is 0 Å². The SMILES string of the molecule is CCOC(CC)C(=O)C1CCOC1. The molecule has 1 aliphatic rings. The first-order valence-electron chi connectivity index (χ1n) is 5.02. The molecule has 1 heterocycles. The molecule has 76 valence electrons. The van der Waals surface area contributed by atoms with Gasteiger partial charge in [0.05, 0.1) is 6.61 Å². The molecule has 0 amide bonds. The van der Waals surface area contributed by atoms with Crippen molar-refractivity contribution in [2.24, 2.45) is 5.92 Å². The van der Waals surface area contributed by atoms with Gasteiger partial charge >= 0.3 is 0 Å². The number of carbonyl (C=O) groups is 1. The van der Waals surface area contributed by atoms with Crippen LogP contribution in [-0.4, -0.2) is 31.7 Å². The third-order valence-corrected chi connectivity index (χ3v) is 2.39. The Bertz CT molecular complexity index is 162. The van der Waals surface area contributed by atoms with E-state index in [9.17, 15) is 4.79 Å². The van der Waals surface area contributed by atoms with E-state index >= 15 is 0 Å². The topological polar surface area (TPSA) is 35.5 Å². The third kappa shape index (κ3) is 2.78. The molecule has 0 N–H and O–H groups in total. The van der Waals surface area contributed by atoms with E-state index in [0.717, 1.165) is 19.4 Å². The Hall–Kier alpha value is -0.410. The van der Waals surface area contributed by atoms with E-state index in [-0.39, 0.29) is 17.8 Å². The zero-order valence-electron chi connectivity index (χ0n) is 8.41. The minimum atomic E-state index is -0.211. The van der Waals surface area contributed by atoms with Crippen LogP contribution in [0.4, 0.5) is 0 Å². The lowest BCUT2D eigenvalue weighted by molar-refractivity contribution is -0.134. The van der Waals surface area contributed by atoms with Crippen molar-refractivity contribution in [2.45, 2.75) is 32.8 Å². The highest BCUT2D eigenvalue weighted by molar-refractivity contribution is 5.85. The van der Waals surface area contributed by atoms with Gasteiger partial charge in [0.15, 0.2) is 5.78 Å². The van der Waals surface area contributed by atoms with Crippen LogP contribution in [0.1, 0.15) is 26.7 Å². The van der Waals surface area contributed by atoms with Gasteiger partial charge in [0, 0.05) is 19.1 Å². The zero-order chi connectivity index (χ0) is 9.68. The molecule has 0 aliphatic carbocycles. The maximum Gasteiger partial charge on any atom is 0.166 e. The first-order chi connectivity index (χ1) is 6.29. The fraction of sp³-hybridized carbons (Fsp3) is 0.900. The number of hydrogen-bond acceptors (Lipinski definition) is 3. The molecule has 1 saturated heterocycles. The normalized spacial score (nSPS) is 24.6. The Morgan fingerprint density at radius 2 is 2.38 bits per heavy atom. The summed E-state index contributed by atoms with van der Waals surface area (Å²) >= 11 is 0. The number of carbonyl (C=O) groups excluding carboxylic acids is 1. The van der Waals surface area contributed by atoms with Crippen LogP contribution < -0.4 is 0 Å². The van der Waals surface area contributed by atoms with Crippen molar-refractivity contribution in [2.75, 3.05) is 19.8 Å². The highest BCUT2D eigenvalue weighted by atomic mass is 16.5. The van der Waals surface area contributed by atoms with Crippen molar-refractivity contribution in [3.05, 3.63) is 0 Å². The molecular formula is C10H18O3. The number of ketones is 1. The second kappa shape index (κ2) is 5.35. The molecule has 1 fully saturated rings. The van der Waals surface area contributed by atoms with Crippen LogP contribution >= 0.6 is 0 Å². The third-order valence-electron chi connectivity index (χ3n) is 2.39. The molecule has 1 aliphatic heterocycles. The van der Waals surface area contributed by atoms with Gasteiger partial charge in [-0.05, 0) is 19.8 Å². The minimum absolute atomic E-state index is 0.0801. The van der Waals surface area contributed by atoms with E-state index < -0.39 is 0 Å². The number of rotatable bonds is 5. The fourth-order valence-corrected chi connectivity index (χ4v) is 1.62. The van der Waals surface area contributed by atoms with Crippen LogP contribution in [0.5, 0.6) is 0 Å². The van der Waals surface area contributed by atoms with Crippen LogP contribution in [0.2, 0.25) is 0 Å². The van der Waals surface area contributed by atoms with Crippen LogP contribution in [0.15, 0.2) is 0 Å². The molecule has 3 nitrogen and oxygen atoms in total. The predicted octanol–water partition coefficient (Wildman–Crippen LogP) is 1.41. The van der Waals surface area contributed by atoms with Gasteiger partial charge in [-0.1, -0.05) is 6.92 Å². The first kappa shape index (κ1) is 10.7. The van der Waals surface area contributed by atoms with E-state index in [4.69, 9.17) is 9.47 Å². The number of hydrogen-bond donors (Lipinski definition) is 0. The van der Waals surface area contributed by atoms with Crippen molar-refractivity contribution in [3.63, 3.8) is 0 Å². The molecule has 0 radical (unpaired) electrons. The molecule has 3 heteroatoms. The minimum Gasteiger partial charge on any atom is -0.381 e. The maximum atomic E-state index is 11.8. The summed E-state index contributed by atoms with van der Waals surface area (Å²) in [5, 5.41) is 0. The van der Waals surface area contributed by atoms with Crippen molar-refractivity contribution < 1.29 is 14.3 Å². The summed E-state index contributed by atoms with van der Waals surface area (Å²) in [5.74, 6) is 0.304. The average molecular weight is 186 g/mol. The van der Waals surface area contributed by atoms with Gasteiger partial charge in [-0.25, -0.2) is 0 Å². The van der Waals surface area contributed by atoms with Gasteiger partial charge < -0.3 is 9.47 Å². The van der Waals surface area contributed by atoms with Gasteiger partial charge in [0.2, 0.25) is 0 Å². The van der Waals surface area contributed by atoms with E-state index in [0.29, 0.717) is 13.2 Å². The number of ether oxygens (including phenoxy) is 2. The lowest BCUT2D eigenvalue weighted by Gasteiger charge is -2.16. The van der Waals surface area contributed by atoms with Gasteiger partial charge in [0.1, 0.15) is 6.10 Å². The molecular weight excluding hydrogens is 168 g/mol. The van der Waals surface area contributed by atoms with Crippen molar-refractivity contribution in [3.8, 4) is 0 Å². The van der Waals surface area contributed by atoms with Crippen LogP contribution in [0, 0.1) is 5.92 Å². The predicted molar refractivity (Wildman–Crippen MR) is 49.6 cm³/mol. The number of Topliss-reactive ketones (excluding diaryl/α,β-unsaturated/α-hetero) is 1. The van der Waals surface area contributed by atoms with E-state index in [1.807, 2.05) is 13.8 Å². The fourth-order valence-electron chi connectivity index (χ4n) is 1.62. The molecule has 0 saturated carbocycles. The van der Waals surface area contributed by atoms with Gasteiger partial charge in [0.25, 0.3) is 0 Å². The summed E-state index contributed by atoms with van der Waals surface area (Å²) in [6, 6.07) is 0. The van der Waals surface area contributed by atoms with Crippen molar-refractivity contribution in [1.82, 2.24) is 0 Å². The molecule has 2 atom stereocenters.